The lowest BCUT2D eigenvalue weighted by molar-refractivity contribution is -0.148. The van der Waals surface area contributed by atoms with Crippen molar-refractivity contribution < 1.29 is 19.1 Å². The van der Waals surface area contributed by atoms with Crippen LogP contribution in [0.3, 0.4) is 0 Å². The maximum atomic E-state index is 11.4. The first kappa shape index (κ1) is 16.4. The normalized spacial score (nSPS) is 9.94. The van der Waals surface area contributed by atoms with Crippen LogP contribution in [0.25, 0.3) is 0 Å². The van der Waals surface area contributed by atoms with Crippen molar-refractivity contribution in [1.82, 2.24) is 5.32 Å². The van der Waals surface area contributed by atoms with Crippen molar-refractivity contribution in [2.45, 2.75) is 45.6 Å². The summed E-state index contributed by atoms with van der Waals surface area (Å²) < 4.78 is 4.91. The number of amides is 1. The van der Waals surface area contributed by atoms with Gasteiger partial charge in [0.05, 0.1) is 12.5 Å². The monoisotopic (exact) mass is 255 g/mol. The van der Waals surface area contributed by atoms with Gasteiger partial charge in [-0.1, -0.05) is 6.58 Å². The zero-order chi connectivity index (χ0) is 14.0. The first-order valence-corrected chi connectivity index (χ1v) is 6.07. The molecule has 18 heavy (non-hydrogen) atoms. The van der Waals surface area contributed by atoms with Crippen molar-refractivity contribution in [2.75, 3.05) is 6.54 Å². The molecule has 0 aliphatic heterocycles. The highest BCUT2D eigenvalue weighted by molar-refractivity contribution is 5.87. The predicted molar refractivity (Wildman–Crippen MR) is 67.9 cm³/mol. The molecule has 0 aliphatic rings. The molecule has 0 saturated carbocycles. The summed E-state index contributed by atoms with van der Waals surface area (Å²) >= 11 is 0. The van der Waals surface area contributed by atoms with Crippen molar-refractivity contribution >= 4 is 17.7 Å². The summed E-state index contributed by atoms with van der Waals surface area (Å²) in [7, 11) is 0. The fourth-order valence-electron chi connectivity index (χ4n) is 1.26. The maximum Gasteiger partial charge on any atom is 0.306 e. The molecule has 102 valence electrons. The van der Waals surface area contributed by atoms with Crippen molar-refractivity contribution in [2.24, 2.45) is 0 Å². The molecule has 0 unspecified atom stereocenters. The molecule has 0 fully saturated rings. The van der Waals surface area contributed by atoms with Crippen LogP contribution in [0.1, 0.15) is 39.5 Å². The molecule has 0 rings (SSSR count). The molecular formula is C13H21NO4. The Kier molecular flexibility index (Phi) is 8.53. The van der Waals surface area contributed by atoms with Gasteiger partial charge in [-0.2, -0.15) is 0 Å². The van der Waals surface area contributed by atoms with Gasteiger partial charge in [-0.15, -0.1) is 0 Å². The molecule has 0 atom stereocenters. The second-order valence-corrected chi connectivity index (χ2v) is 4.18. The maximum absolute atomic E-state index is 11.4. The fraction of sp³-hybridized carbons (Fsp3) is 0.615. The second-order valence-electron chi connectivity index (χ2n) is 4.18. The highest BCUT2D eigenvalue weighted by Crippen LogP contribution is 2.01. The predicted octanol–water partition coefficient (Wildman–Crippen LogP) is 1.37. The van der Waals surface area contributed by atoms with E-state index >= 15 is 0 Å². The second kappa shape index (κ2) is 9.39. The largest absolute Gasteiger partial charge is 0.463 e. The van der Waals surface area contributed by atoms with E-state index < -0.39 is 0 Å². The highest BCUT2D eigenvalue weighted by atomic mass is 16.5. The van der Waals surface area contributed by atoms with E-state index in [1.54, 1.807) is 13.8 Å². The van der Waals surface area contributed by atoms with Crippen LogP contribution in [0.4, 0.5) is 0 Å². The van der Waals surface area contributed by atoms with Gasteiger partial charge in [-0.3, -0.25) is 14.4 Å². The smallest absolute Gasteiger partial charge is 0.306 e. The number of carbonyl (C=O) groups excluding carboxylic acids is 3. The lowest BCUT2D eigenvalue weighted by Crippen LogP contribution is -2.22. The molecule has 0 heterocycles. The molecule has 0 aromatic heterocycles. The first-order valence-electron chi connectivity index (χ1n) is 6.07. The molecule has 0 spiro atoms. The van der Waals surface area contributed by atoms with E-state index in [9.17, 15) is 14.4 Å². The van der Waals surface area contributed by atoms with Crippen LogP contribution in [0.5, 0.6) is 0 Å². The molecule has 5 heteroatoms. The molecular weight excluding hydrogens is 234 g/mol. The van der Waals surface area contributed by atoms with E-state index in [-0.39, 0.29) is 36.6 Å². The van der Waals surface area contributed by atoms with E-state index in [0.29, 0.717) is 19.4 Å². The number of rotatable bonds is 9. The number of Topliss-reactive ketones (excluding diaryl/α,β-unsaturated/α-hetero) is 1. The van der Waals surface area contributed by atoms with E-state index in [4.69, 9.17) is 4.74 Å². The lowest BCUT2D eigenvalue weighted by atomic mass is 10.1. The van der Waals surface area contributed by atoms with Crippen LogP contribution < -0.4 is 5.32 Å². The summed E-state index contributed by atoms with van der Waals surface area (Å²) in [6.07, 6.45) is 2.27. The minimum absolute atomic E-state index is 0.00329. The summed E-state index contributed by atoms with van der Waals surface area (Å²) in [5, 5.41) is 2.58. The van der Waals surface area contributed by atoms with Gasteiger partial charge in [-0.05, 0) is 26.3 Å². The number of ether oxygens (including phenoxy) is 1. The third-order valence-electron chi connectivity index (χ3n) is 2.09. The van der Waals surface area contributed by atoms with E-state index in [1.807, 2.05) is 0 Å². The van der Waals surface area contributed by atoms with Gasteiger partial charge >= 0.3 is 5.97 Å². The van der Waals surface area contributed by atoms with E-state index in [0.717, 1.165) is 0 Å². The van der Waals surface area contributed by atoms with Crippen molar-refractivity contribution in [3.63, 3.8) is 0 Å². The van der Waals surface area contributed by atoms with Gasteiger partial charge < -0.3 is 10.1 Å². The molecule has 0 aliphatic carbocycles. The average Bonchev–Trinajstić information content (AvgIpc) is 2.30. The van der Waals surface area contributed by atoms with Crippen molar-refractivity contribution in [3.05, 3.63) is 12.7 Å². The Morgan fingerprint density at radius 2 is 1.89 bits per heavy atom. The minimum Gasteiger partial charge on any atom is -0.463 e. The lowest BCUT2D eigenvalue weighted by Gasteiger charge is -2.07. The number of esters is 1. The van der Waals surface area contributed by atoms with Crippen molar-refractivity contribution in [3.8, 4) is 0 Å². The number of hydrogen-bond donors (Lipinski definition) is 1. The fourth-order valence-corrected chi connectivity index (χ4v) is 1.26. The van der Waals surface area contributed by atoms with Gasteiger partial charge in [0.25, 0.3) is 0 Å². The number of carbonyl (C=O) groups is 3. The van der Waals surface area contributed by atoms with Gasteiger partial charge in [0.2, 0.25) is 5.91 Å². The third-order valence-corrected chi connectivity index (χ3v) is 2.09. The van der Waals surface area contributed by atoms with E-state index in [1.165, 1.54) is 6.08 Å². The summed E-state index contributed by atoms with van der Waals surface area (Å²) in [5.41, 5.74) is 0. The van der Waals surface area contributed by atoms with Crippen molar-refractivity contribution in [1.29, 1.82) is 0 Å². The summed E-state index contributed by atoms with van der Waals surface area (Å²) in [4.78, 5) is 33.4. The number of hydrogen-bond acceptors (Lipinski definition) is 4. The first-order chi connectivity index (χ1) is 8.45. The third kappa shape index (κ3) is 9.57. The Bertz CT molecular complexity index is 310. The quantitative estimate of drug-likeness (QED) is 0.383. The Labute approximate surface area is 108 Å². The van der Waals surface area contributed by atoms with Gasteiger partial charge in [0.1, 0.15) is 5.78 Å². The SMILES string of the molecule is C=CC(=O)NCCCC(=O)CCC(=O)OC(C)C. The van der Waals surface area contributed by atoms with Crippen LogP contribution in [-0.4, -0.2) is 30.3 Å². The molecule has 1 amide bonds. The molecule has 5 nitrogen and oxygen atoms in total. The zero-order valence-electron chi connectivity index (χ0n) is 11.0. The number of ketones is 1. The Hall–Kier alpha value is -1.65. The van der Waals surface area contributed by atoms with Crippen LogP contribution in [-0.2, 0) is 19.1 Å². The van der Waals surface area contributed by atoms with Crippen LogP contribution in [0, 0.1) is 0 Å². The Balaban J connectivity index is 3.57. The van der Waals surface area contributed by atoms with Crippen LogP contribution in [0.2, 0.25) is 0 Å². The summed E-state index contributed by atoms with van der Waals surface area (Å²) in [6, 6.07) is 0. The summed E-state index contributed by atoms with van der Waals surface area (Å²) in [5.74, 6) is -0.593. The molecule has 0 saturated heterocycles. The highest BCUT2D eigenvalue weighted by Gasteiger charge is 2.09. The molecule has 0 aromatic carbocycles. The van der Waals surface area contributed by atoms with Gasteiger partial charge in [-0.25, -0.2) is 0 Å². The van der Waals surface area contributed by atoms with Gasteiger partial charge in [0, 0.05) is 19.4 Å². The van der Waals surface area contributed by atoms with E-state index in [2.05, 4.69) is 11.9 Å². The standard InChI is InChI=1S/C13H21NO4/c1-4-12(16)14-9-5-6-11(15)7-8-13(17)18-10(2)3/h4,10H,1,5-9H2,2-3H3,(H,14,16). The average molecular weight is 255 g/mol. The van der Waals surface area contributed by atoms with Gasteiger partial charge in [0.15, 0.2) is 0 Å². The molecule has 0 radical (unpaired) electrons. The van der Waals surface area contributed by atoms with Crippen LogP contribution >= 0.6 is 0 Å². The number of nitrogens with one attached hydrogen (secondary N) is 1. The van der Waals surface area contributed by atoms with Crippen LogP contribution in [0.15, 0.2) is 12.7 Å². The minimum atomic E-state index is -0.349. The molecule has 1 N–H and O–H groups in total. The molecule has 0 bridgehead atoms. The Morgan fingerprint density at radius 3 is 2.44 bits per heavy atom. The Morgan fingerprint density at radius 1 is 1.22 bits per heavy atom. The molecule has 0 aromatic rings. The zero-order valence-corrected chi connectivity index (χ0v) is 11.0. The topological polar surface area (TPSA) is 72.5 Å². The summed E-state index contributed by atoms with van der Waals surface area (Å²) in [6.45, 7) is 7.29.